The first kappa shape index (κ1) is 11.9. The number of likely N-dealkylation sites (tertiary alicyclic amines) is 1. The largest absolute Gasteiger partial charge is 0.351 e. The minimum Gasteiger partial charge on any atom is -0.351 e. The van der Waals surface area contributed by atoms with Gasteiger partial charge in [-0.3, -0.25) is 4.98 Å². The summed E-state index contributed by atoms with van der Waals surface area (Å²) in [6.07, 6.45) is 4.05. The number of anilines is 1. The van der Waals surface area contributed by atoms with Gasteiger partial charge in [-0.1, -0.05) is 0 Å². The van der Waals surface area contributed by atoms with E-state index in [2.05, 4.69) is 22.2 Å². The third-order valence-corrected chi connectivity index (χ3v) is 3.10. The molecule has 1 atom stereocenters. The molecule has 0 aromatic carbocycles. The minimum absolute atomic E-state index is 0.497. The number of carbonyl (C=O) groups is 1. The summed E-state index contributed by atoms with van der Waals surface area (Å²) in [7, 11) is 2.13. The molecule has 92 valence electrons. The van der Waals surface area contributed by atoms with Gasteiger partial charge in [0.1, 0.15) is 0 Å². The summed E-state index contributed by atoms with van der Waals surface area (Å²) in [5, 5.41) is 2.51. The monoisotopic (exact) mass is 234 g/mol. The van der Waals surface area contributed by atoms with E-state index in [1.807, 2.05) is 12.1 Å². The van der Waals surface area contributed by atoms with Crippen LogP contribution in [0.25, 0.3) is 0 Å². The van der Waals surface area contributed by atoms with E-state index >= 15 is 0 Å². The second-order valence-corrected chi connectivity index (χ2v) is 4.56. The Morgan fingerprint density at radius 3 is 3.00 bits per heavy atom. The number of hydrogen-bond acceptors (Lipinski definition) is 3. The average Bonchev–Trinajstić information content (AvgIpc) is 2.29. The zero-order chi connectivity index (χ0) is 12.3. The molecule has 1 aromatic rings. The molecule has 0 radical (unpaired) electrons. The topological polar surface area (TPSA) is 71.2 Å². The third kappa shape index (κ3) is 3.17. The van der Waals surface area contributed by atoms with Crippen molar-refractivity contribution in [3.8, 4) is 0 Å². The van der Waals surface area contributed by atoms with Crippen molar-refractivity contribution in [2.75, 3.05) is 25.5 Å². The first-order chi connectivity index (χ1) is 8.15. The third-order valence-electron chi connectivity index (χ3n) is 3.10. The van der Waals surface area contributed by atoms with Crippen molar-refractivity contribution in [1.29, 1.82) is 0 Å². The summed E-state index contributed by atoms with van der Waals surface area (Å²) in [5.41, 5.74) is 6.77. The lowest BCUT2D eigenvalue weighted by atomic mass is 9.94. The van der Waals surface area contributed by atoms with Crippen molar-refractivity contribution in [2.45, 2.75) is 18.8 Å². The van der Waals surface area contributed by atoms with Crippen LogP contribution < -0.4 is 11.1 Å². The Morgan fingerprint density at radius 1 is 1.59 bits per heavy atom. The molecule has 17 heavy (non-hydrogen) atoms. The molecule has 2 rings (SSSR count). The van der Waals surface area contributed by atoms with E-state index in [0.717, 1.165) is 18.8 Å². The summed E-state index contributed by atoms with van der Waals surface area (Å²) in [6.45, 7) is 2.22. The first-order valence-electron chi connectivity index (χ1n) is 5.86. The molecular formula is C12H18N4O. The molecule has 1 aliphatic heterocycles. The highest BCUT2D eigenvalue weighted by atomic mass is 16.2. The van der Waals surface area contributed by atoms with Crippen LogP contribution in [-0.4, -0.2) is 36.1 Å². The number of pyridine rings is 1. The van der Waals surface area contributed by atoms with E-state index in [4.69, 9.17) is 5.73 Å². The lowest BCUT2D eigenvalue weighted by Crippen LogP contribution is -2.31. The number of nitrogens with one attached hydrogen (secondary N) is 1. The first-order valence-corrected chi connectivity index (χ1v) is 5.86. The quantitative estimate of drug-likeness (QED) is 0.812. The van der Waals surface area contributed by atoms with Gasteiger partial charge < -0.3 is 16.0 Å². The summed E-state index contributed by atoms with van der Waals surface area (Å²) in [6, 6.07) is 3.26. The number of likely N-dealkylation sites (N-methyl/N-ethyl adjacent to an activating group) is 1. The van der Waals surface area contributed by atoms with E-state index in [1.165, 1.54) is 12.8 Å². The van der Waals surface area contributed by atoms with Gasteiger partial charge >= 0.3 is 6.03 Å². The number of hydrogen-bond donors (Lipinski definition) is 2. The van der Waals surface area contributed by atoms with Crippen molar-refractivity contribution in [2.24, 2.45) is 5.73 Å². The van der Waals surface area contributed by atoms with Gasteiger partial charge in [-0.15, -0.1) is 0 Å². The maximum absolute atomic E-state index is 10.7. The molecule has 2 amide bonds. The van der Waals surface area contributed by atoms with Gasteiger partial charge in [-0.2, -0.15) is 0 Å². The van der Waals surface area contributed by atoms with E-state index in [0.29, 0.717) is 11.6 Å². The lowest BCUT2D eigenvalue weighted by molar-refractivity contribution is 0.248. The number of piperidine rings is 1. The molecular weight excluding hydrogens is 216 g/mol. The van der Waals surface area contributed by atoms with E-state index < -0.39 is 6.03 Å². The second kappa shape index (κ2) is 5.14. The maximum atomic E-state index is 10.7. The fourth-order valence-electron chi connectivity index (χ4n) is 2.27. The Morgan fingerprint density at radius 2 is 2.41 bits per heavy atom. The normalized spacial score (nSPS) is 21.1. The standard InChI is InChI=1S/C12H18N4O/c1-16-6-2-3-9(8-16)11-5-4-10(7-14-11)15-12(13)17/h4-5,7,9H,2-3,6,8H2,1H3,(H3,13,15,17). The van der Waals surface area contributed by atoms with Gasteiger partial charge in [-0.25, -0.2) is 4.79 Å². The molecule has 0 spiro atoms. The average molecular weight is 234 g/mol. The van der Waals surface area contributed by atoms with Crippen molar-refractivity contribution in [3.63, 3.8) is 0 Å². The van der Waals surface area contributed by atoms with Crippen molar-refractivity contribution in [3.05, 3.63) is 24.0 Å². The molecule has 5 heteroatoms. The van der Waals surface area contributed by atoms with Crippen LogP contribution in [-0.2, 0) is 0 Å². The fraction of sp³-hybridized carbons (Fsp3) is 0.500. The molecule has 5 nitrogen and oxygen atoms in total. The van der Waals surface area contributed by atoms with Crippen LogP contribution in [0.1, 0.15) is 24.5 Å². The van der Waals surface area contributed by atoms with E-state index in [-0.39, 0.29) is 0 Å². The molecule has 0 aliphatic carbocycles. The second-order valence-electron chi connectivity index (χ2n) is 4.56. The summed E-state index contributed by atoms with van der Waals surface area (Å²) in [4.78, 5) is 17.4. The Balaban J connectivity index is 2.04. The lowest BCUT2D eigenvalue weighted by Gasteiger charge is -2.29. The predicted octanol–water partition coefficient (Wildman–Crippen LogP) is 1.38. The molecule has 1 unspecified atom stereocenters. The van der Waals surface area contributed by atoms with Gasteiger partial charge in [0, 0.05) is 18.2 Å². The summed E-state index contributed by atoms with van der Waals surface area (Å²) in [5.74, 6) is 0.497. The minimum atomic E-state index is -0.558. The molecule has 1 aromatic heterocycles. The highest BCUT2D eigenvalue weighted by Crippen LogP contribution is 2.25. The van der Waals surface area contributed by atoms with Crippen LogP contribution in [0, 0.1) is 0 Å². The van der Waals surface area contributed by atoms with Gasteiger partial charge in [0.05, 0.1) is 11.9 Å². The van der Waals surface area contributed by atoms with Gasteiger partial charge in [0.2, 0.25) is 0 Å². The molecule has 0 bridgehead atoms. The number of amides is 2. The Labute approximate surface area is 101 Å². The van der Waals surface area contributed by atoms with Crippen LogP contribution in [0.5, 0.6) is 0 Å². The molecule has 0 saturated carbocycles. The zero-order valence-corrected chi connectivity index (χ0v) is 10.0. The fourth-order valence-corrected chi connectivity index (χ4v) is 2.27. The molecule has 2 heterocycles. The van der Waals surface area contributed by atoms with E-state index in [9.17, 15) is 4.79 Å². The highest BCUT2D eigenvalue weighted by molar-refractivity contribution is 5.87. The number of aromatic nitrogens is 1. The maximum Gasteiger partial charge on any atom is 0.316 e. The molecule has 1 aliphatic rings. The van der Waals surface area contributed by atoms with Crippen molar-refractivity contribution in [1.82, 2.24) is 9.88 Å². The summed E-state index contributed by atoms with van der Waals surface area (Å²) < 4.78 is 0. The van der Waals surface area contributed by atoms with Crippen LogP contribution in [0.4, 0.5) is 10.5 Å². The van der Waals surface area contributed by atoms with Crippen LogP contribution in [0.2, 0.25) is 0 Å². The Bertz CT molecular complexity index is 390. The number of carbonyl (C=O) groups excluding carboxylic acids is 1. The smallest absolute Gasteiger partial charge is 0.316 e. The SMILES string of the molecule is CN1CCCC(c2ccc(NC(N)=O)cn2)C1. The molecule has 3 N–H and O–H groups in total. The number of primary amides is 1. The molecule has 1 fully saturated rings. The number of rotatable bonds is 2. The summed E-state index contributed by atoms with van der Waals surface area (Å²) >= 11 is 0. The number of urea groups is 1. The van der Waals surface area contributed by atoms with E-state index in [1.54, 1.807) is 6.20 Å². The number of nitrogens with two attached hydrogens (primary N) is 1. The Kier molecular flexibility index (Phi) is 3.58. The van der Waals surface area contributed by atoms with Gasteiger partial charge in [-0.05, 0) is 38.6 Å². The van der Waals surface area contributed by atoms with Crippen LogP contribution in [0.15, 0.2) is 18.3 Å². The number of nitrogens with zero attached hydrogens (tertiary/aromatic N) is 2. The van der Waals surface area contributed by atoms with Crippen LogP contribution in [0.3, 0.4) is 0 Å². The highest BCUT2D eigenvalue weighted by Gasteiger charge is 2.19. The predicted molar refractivity (Wildman–Crippen MR) is 66.9 cm³/mol. The molecule has 1 saturated heterocycles. The van der Waals surface area contributed by atoms with Gasteiger partial charge in [0.15, 0.2) is 0 Å². The zero-order valence-electron chi connectivity index (χ0n) is 10.0. The Hall–Kier alpha value is -1.62. The van der Waals surface area contributed by atoms with Crippen molar-refractivity contribution >= 4 is 11.7 Å². The van der Waals surface area contributed by atoms with Crippen LogP contribution >= 0.6 is 0 Å². The van der Waals surface area contributed by atoms with Gasteiger partial charge in [0.25, 0.3) is 0 Å². The van der Waals surface area contributed by atoms with Crippen molar-refractivity contribution < 1.29 is 4.79 Å².